The summed E-state index contributed by atoms with van der Waals surface area (Å²) in [6, 6.07) is 4.05. The molecule has 1 aliphatic carbocycles. The molecule has 110 valence electrons. The van der Waals surface area contributed by atoms with Crippen molar-refractivity contribution in [2.24, 2.45) is 0 Å². The first-order valence-corrected chi connectivity index (χ1v) is 7.45. The smallest absolute Gasteiger partial charge is 0.231 e. The van der Waals surface area contributed by atoms with Gasteiger partial charge in [-0.2, -0.15) is 0 Å². The SMILES string of the molecule is O[C@H]1[C@H]2C(=CC[C@@H]1O)[C@H]1CN2Cc2c1ccc1c2OCO1. The first kappa shape index (κ1) is 12.0. The van der Waals surface area contributed by atoms with E-state index in [0.717, 1.165) is 24.6 Å². The molecule has 1 saturated heterocycles. The third-order valence-electron chi connectivity index (χ3n) is 5.28. The zero-order valence-corrected chi connectivity index (χ0v) is 11.5. The van der Waals surface area contributed by atoms with Gasteiger partial charge in [-0.15, -0.1) is 0 Å². The molecule has 21 heavy (non-hydrogen) atoms. The van der Waals surface area contributed by atoms with Crippen molar-refractivity contribution in [1.29, 1.82) is 0 Å². The van der Waals surface area contributed by atoms with Crippen LogP contribution in [0.4, 0.5) is 0 Å². The number of fused-ring (bicyclic) bond motifs is 9. The first-order valence-electron chi connectivity index (χ1n) is 7.45. The number of ether oxygens (including phenoxy) is 2. The van der Waals surface area contributed by atoms with E-state index < -0.39 is 12.2 Å². The molecule has 1 fully saturated rings. The van der Waals surface area contributed by atoms with Crippen LogP contribution in [-0.2, 0) is 6.54 Å². The average molecular weight is 287 g/mol. The molecule has 5 atom stereocenters. The van der Waals surface area contributed by atoms with Crippen molar-refractivity contribution in [2.45, 2.75) is 37.1 Å². The topological polar surface area (TPSA) is 62.2 Å². The molecule has 4 aliphatic rings. The number of aliphatic hydroxyl groups excluding tert-OH is 2. The predicted octanol–water partition coefficient (Wildman–Crippen LogP) is 0.749. The summed E-state index contributed by atoms with van der Waals surface area (Å²) < 4.78 is 11.1. The molecule has 5 heteroatoms. The van der Waals surface area contributed by atoms with Gasteiger partial charge in [0.25, 0.3) is 0 Å². The summed E-state index contributed by atoms with van der Waals surface area (Å²) in [7, 11) is 0. The molecular formula is C16H17NO4. The van der Waals surface area contributed by atoms with E-state index in [2.05, 4.69) is 17.0 Å². The highest BCUT2D eigenvalue weighted by atomic mass is 16.7. The van der Waals surface area contributed by atoms with Gasteiger partial charge in [-0.05, 0) is 23.6 Å². The first-order chi connectivity index (χ1) is 10.2. The van der Waals surface area contributed by atoms with Gasteiger partial charge in [-0.3, -0.25) is 4.90 Å². The highest BCUT2D eigenvalue weighted by Gasteiger charge is 2.49. The van der Waals surface area contributed by atoms with Gasteiger partial charge in [0.05, 0.1) is 18.2 Å². The van der Waals surface area contributed by atoms with E-state index in [1.807, 2.05) is 6.07 Å². The molecule has 5 nitrogen and oxygen atoms in total. The molecule has 0 radical (unpaired) electrons. The number of hydrogen-bond donors (Lipinski definition) is 2. The van der Waals surface area contributed by atoms with Crippen molar-refractivity contribution in [3.8, 4) is 11.5 Å². The maximum absolute atomic E-state index is 10.4. The van der Waals surface area contributed by atoms with Crippen LogP contribution in [0.3, 0.4) is 0 Å². The molecule has 5 rings (SSSR count). The van der Waals surface area contributed by atoms with Crippen molar-refractivity contribution in [1.82, 2.24) is 4.90 Å². The Balaban J connectivity index is 1.65. The van der Waals surface area contributed by atoms with E-state index >= 15 is 0 Å². The molecule has 1 aromatic carbocycles. The quantitative estimate of drug-likeness (QED) is 0.690. The monoisotopic (exact) mass is 287 g/mol. The minimum Gasteiger partial charge on any atom is -0.454 e. The van der Waals surface area contributed by atoms with E-state index in [1.54, 1.807) is 0 Å². The lowest BCUT2D eigenvalue weighted by molar-refractivity contribution is -0.0249. The molecule has 1 aromatic rings. The molecule has 0 amide bonds. The lowest BCUT2D eigenvalue weighted by Crippen LogP contribution is -2.47. The van der Waals surface area contributed by atoms with E-state index in [4.69, 9.17) is 9.47 Å². The Labute approximate surface area is 122 Å². The van der Waals surface area contributed by atoms with E-state index in [-0.39, 0.29) is 12.8 Å². The molecular weight excluding hydrogens is 270 g/mol. The number of aliphatic hydroxyl groups is 2. The summed E-state index contributed by atoms with van der Waals surface area (Å²) in [4.78, 5) is 2.26. The fourth-order valence-corrected chi connectivity index (χ4v) is 4.33. The van der Waals surface area contributed by atoms with Gasteiger partial charge in [0.1, 0.15) is 0 Å². The summed E-state index contributed by atoms with van der Waals surface area (Å²) in [5.74, 6) is 1.97. The molecule has 0 spiro atoms. The van der Waals surface area contributed by atoms with Gasteiger partial charge < -0.3 is 19.7 Å². The largest absolute Gasteiger partial charge is 0.454 e. The maximum Gasteiger partial charge on any atom is 0.231 e. The Morgan fingerprint density at radius 2 is 2.10 bits per heavy atom. The van der Waals surface area contributed by atoms with Crippen LogP contribution in [-0.4, -0.2) is 46.7 Å². The van der Waals surface area contributed by atoms with Crippen LogP contribution in [0.5, 0.6) is 11.5 Å². The number of benzene rings is 1. The lowest BCUT2D eigenvalue weighted by Gasteiger charge is -2.34. The van der Waals surface area contributed by atoms with Crippen LogP contribution in [0.25, 0.3) is 0 Å². The highest BCUT2D eigenvalue weighted by Crippen LogP contribution is 2.51. The zero-order chi connectivity index (χ0) is 14.1. The zero-order valence-electron chi connectivity index (χ0n) is 11.5. The molecule has 3 aliphatic heterocycles. The molecule has 2 N–H and O–H groups in total. The Kier molecular flexibility index (Phi) is 2.29. The average Bonchev–Trinajstić information content (AvgIpc) is 3.07. The van der Waals surface area contributed by atoms with Crippen LogP contribution in [0.15, 0.2) is 23.8 Å². The Morgan fingerprint density at radius 3 is 3.00 bits per heavy atom. The molecule has 3 heterocycles. The van der Waals surface area contributed by atoms with Gasteiger partial charge in [0.2, 0.25) is 6.79 Å². The van der Waals surface area contributed by atoms with Crippen molar-refractivity contribution in [3.05, 3.63) is 34.9 Å². The lowest BCUT2D eigenvalue weighted by atomic mass is 9.82. The van der Waals surface area contributed by atoms with Crippen LogP contribution < -0.4 is 9.47 Å². The highest BCUT2D eigenvalue weighted by molar-refractivity contribution is 5.57. The second kappa shape index (κ2) is 4.00. The Hall–Kier alpha value is -1.56. The van der Waals surface area contributed by atoms with Crippen LogP contribution in [0.1, 0.15) is 23.5 Å². The number of rotatable bonds is 0. The fourth-order valence-electron chi connectivity index (χ4n) is 4.33. The second-order valence-electron chi connectivity index (χ2n) is 6.29. The van der Waals surface area contributed by atoms with Crippen LogP contribution in [0.2, 0.25) is 0 Å². The van der Waals surface area contributed by atoms with Crippen molar-refractivity contribution in [2.75, 3.05) is 13.3 Å². The van der Waals surface area contributed by atoms with E-state index in [0.29, 0.717) is 12.3 Å². The Bertz CT molecular complexity index is 656. The van der Waals surface area contributed by atoms with Gasteiger partial charge in [0, 0.05) is 24.6 Å². The fraction of sp³-hybridized carbons (Fsp3) is 0.500. The van der Waals surface area contributed by atoms with Crippen molar-refractivity contribution < 1.29 is 19.7 Å². The van der Waals surface area contributed by atoms with Gasteiger partial charge in [-0.1, -0.05) is 12.1 Å². The maximum atomic E-state index is 10.4. The summed E-state index contributed by atoms with van der Waals surface area (Å²) in [5.41, 5.74) is 3.72. The van der Waals surface area contributed by atoms with Gasteiger partial charge in [0.15, 0.2) is 11.5 Å². The summed E-state index contributed by atoms with van der Waals surface area (Å²) in [5, 5.41) is 20.3. The van der Waals surface area contributed by atoms with Gasteiger partial charge >= 0.3 is 0 Å². The number of hydrogen-bond acceptors (Lipinski definition) is 5. The Morgan fingerprint density at radius 1 is 1.19 bits per heavy atom. The molecule has 1 unspecified atom stereocenters. The normalized spacial score (nSPS) is 38.8. The molecule has 0 aromatic heterocycles. The molecule has 0 saturated carbocycles. The summed E-state index contributed by atoms with van der Waals surface area (Å²) in [6.45, 7) is 1.93. The molecule has 2 bridgehead atoms. The van der Waals surface area contributed by atoms with Crippen molar-refractivity contribution in [3.63, 3.8) is 0 Å². The minimum absolute atomic E-state index is 0.0656. The third-order valence-corrected chi connectivity index (χ3v) is 5.28. The summed E-state index contributed by atoms with van der Waals surface area (Å²) in [6.07, 6.45) is 1.30. The summed E-state index contributed by atoms with van der Waals surface area (Å²) >= 11 is 0. The van der Waals surface area contributed by atoms with Crippen LogP contribution >= 0.6 is 0 Å². The predicted molar refractivity (Wildman–Crippen MR) is 74.2 cm³/mol. The number of nitrogens with zero attached hydrogens (tertiary/aromatic N) is 1. The van der Waals surface area contributed by atoms with Crippen LogP contribution in [0, 0.1) is 0 Å². The standard InChI is InChI=1S/C16H17NO4/c18-12-3-1-9-10-5-17(14(9)15(12)19)6-11-8(10)2-4-13-16(11)21-7-20-13/h1-2,4,10,12,14-15,18-19H,3,5-7H2/t10-,12-,14+,15+/m0/s1. The van der Waals surface area contributed by atoms with E-state index in [1.165, 1.54) is 16.7 Å². The van der Waals surface area contributed by atoms with E-state index in [9.17, 15) is 10.2 Å². The minimum atomic E-state index is -0.700. The van der Waals surface area contributed by atoms with Gasteiger partial charge in [-0.25, -0.2) is 0 Å². The van der Waals surface area contributed by atoms with Crippen molar-refractivity contribution >= 4 is 0 Å². The third kappa shape index (κ3) is 1.46. The second-order valence-corrected chi connectivity index (χ2v) is 6.29.